The lowest BCUT2D eigenvalue weighted by Gasteiger charge is -2.16. The molecular formula is C15H22O5. The Kier molecular flexibility index (Phi) is 4.99. The molecule has 2 rings (SSSR count). The van der Waals surface area contributed by atoms with E-state index in [-0.39, 0.29) is 18.8 Å². The summed E-state index contributed by atoms with van der Waals surface area (Å²) in [4.78, 5) is 0. The predicted molar refractivity (Wildman–Crippen MR) is 73.6 cm³/mol. The number of hydrogen-bond acceptors (Lipinski definition) is 5. The lowest BCUT2D eigenvalue weighted by Crippen LogP contribution is -2.30. The van der Waals surface area contributed by atoms with Crippen molar-refractivity contribution in [3.8, 4) is 5.75 Å². The molecule has 0 bridgehead atoms. The zero-order valence-electron chi connectivity index (χ0n) is 12.2. The van der Waals surface area contributed by atoms with Crippen molar-refractivity contribution >= 4 is 0 Å². The van der Waals surface area contributed by atoms with Crippen molar-refractivity contribution in [1.82, 2.24) is 0 Å². The molecule has 1 fully saturated rings. The Bertz CT molecular complexity index is 415. The topological polar surface area (TPSA) is 57.2 Å². The number of benzene rings is 1. The van der Waals surface area contributed by atoms with Crippen LogP contribution in [0.1, 0.15) is 19.4 Å². The highest BCUT2D eigenvalue weighted by molar-refractivity contribution is 5.26. The Morgan fingerprint density at radius 2 is 1.80 bits per heavy atom. The van der Waals surface area contributed by atoms with Crippen molar-refractivity contribution in [2.24, 2.45) is 0 Å². The van der Waals surface area contributed by atoms with E-state index in [1.54, 1.807) is 7.11 Å². The second kappa shape index (κ2) is 6.54. The van der Waals surface area contributed by atoms with Gasteiger partial charge in [-0.1, -0.05) is 12.1 Å². The first-order chi connectivity index (χ1) is 9.54. The van der Waals surface area contributed by atoms with Crippen LogP contribution in [-0.4, -0.2) is 43.4 Å². The molecule has 1 N–H and O–H groups in total. The van der Waals surface area contributed by atoms with Gasteiger partial charge < -0.3 is 24.1 Å². The molecular weight excluding hydrogens is 260 g/mol. The van der Waals surface area contributed by atoms with Crippen LogP contribution in [0.15, 0.2) is 24.3 Å². The van der Waals surface area contributed by atoms with E-state index in [4.69, 9.17) is 18.9 Å². The van der Waals surface area contributed by atoms with Gasteiger partial charge in [-0.05, 0) is 31.5 Å². The van der Waals surface area contributed by atoms with Gasteiger partial charge in [0.05, 0.1) is 26.9 Å². The number of hydrogen-bond donors (Lipinski definition) is 1. The zero-order valence-corrected chi connectivity index (χ0v) is 12.2. The molecule has 1 heterocycles. The molecule has 5 nitrogen and oxygen atoms in total. The molecule has 2 atom stereocenters. The fourth-order valence-corrected chi connectivity index (χ4v) is 2.22. The molecule has 1 aliphatic heterocycles. The van der Waals surface area contributed by atoms with Gasteiger partial charge in [-0.3, -0.25) is 0 Å². The zero-order chi connectivity index (χ0) is 14.6. The summed E-state index contributed by atoms with van der Waals surface area (Å²) in [6, 6.07) is 7.71. The van der Waals surface area contributed by atoms with Crippen LogP contribution in [0.2, 0.25) is 0 Å². The van der Waals surface area contributed by atoms with Gasteiger partial charge in [0.15, 0.2) is 5.79 Å². The SMILES string of the molecule is COc1ccc(COC[C@@H]2OC(C)(C)O[C@H]2CO)cc1. The summed E-state index contributed by atoms with van der Waals surface area (Å²) in [5.41, 5.74) is 1.06. The maximum Gasteiger partial charge on any atom is 0.163 e. The van der Waals surface area contributed by atoms with Crippen molar-refractivity contribution in [2.75, 3.05) is 20.3 Å². The van der Waals surface area contributed by atoms with E-state index in [0.717, 1.165) is 11.3 Å². The van der Waals surface area contributed by atoms with Crippen LogP contribution in [-0.2, 0) is 20.8 Å². The maximum atomic E-state index is 9.27. The van der Waals surface area contributed by atoms with Gasteiger partial charge in [-0.25, -0.2) is 0 Å². The van der Waals surface area contributed by atoms with E-state index < -0.39 is 5.79 Å². The highest BCUT2D eigenvalue weighted by Gasteiger charge is 2.40. The van der Waals surface area contributed by atoms with Gasteiger partial charge in [0, 0.05) is 0 Å². The summed E-state index contributed by atoms with van der Waals surface area (Å²) in [5.74, 6) is 0.157. The molecule has 112 valence electrons. The predicted octanol–water partition coefficient (Wildman–Crippen LogP) is 1.72. The number of aliphatic hydroxyl groups excluding tert-OH is 1. The molecule has 0 saturated carbocycles. The van der Waals surface area contributed by atoms with Gasteiger partial charge in [0.1, 0.15) is 18.0 Å². The largest absolute Gasteiger partial charge is 0.497 e. The van der Waals surface area contributed by atoms with Crippen LogP contribution in [0.4, 0.5) is 0 Å². The minimum Gasteiger partial charge on any atom is -0.497 e. The smallest absolute Gasteiger partial charge is 0.163 e. The summed E-state index contributed by atoms with van der Waals surface area (Å²) in [6.45, 7) is 4.47. The monoisotopic (exact) mass is 282 g/mol. The molecule has 20 heavy (non-hydrogen) atoms. The van der Waals surface area contributed by atoms with Crippen LogP contribution in [0.5, 0.6) is 5.75 Å². The Morgan fingerprint density at radius 1 is 1.15 bits per heavy atom. The van der Waals surface area contributed by atoms with E-state index in [0.29, 0.717) is 13.2 Å². The van der Waals surface area contributed by atoms with Gasteiger partial charge >= 0.3 is 0 Å². The van der Waals surface area contributed by atoms with E-state index in [9.17, 15) is 5.11 Å². The molecule has 1 aromatic carbocycles. The van der Waals surface area contributed by atoms with Gasteiger partial charge in [0.2, 0.25) is 0 Å². The highest BCUT2D eigenvalue weighted by atomic mass is 16.8. The fraction of sp³-hybridized carbons (Fsp3) is 0.600. The van der Waals surface area contributed by atoms with E-state index in [1.807, 2.05) is 38.1 Å². The Morgan fingerprint density at radius 3 is 2.40 bits per heavy atom. The van der Waals surface area contributed by atoms with Gasteiger partial charge in [-0.15, -0.1) is 0 Å². The second-order valence-electron chi connectivity index (χ2n) is 5.26. The summed E-state index contributed by atoms with van der Waals surface area (Å²) in [7, 11) is 1.64. The first-order valence-electron chi connectivity index (χ1n) is 6.71. The Hall–Kier alpha value is -1.14. The number of methoxy groups -OCH3 is 1. The minimum absolute atomic E-state index is 0.0695. The molecule has 1 aromatic rings. The molecule has 1 saturated heterocycles. The number of aliphatic hydroxyl groups is 1. The quantitative estimate of drug-likeness (QED) is 0.861. The van der Waals surface area contributed by atoms with Crippen molar-refractivity contribution in [1.29, 1.82) is 0 Å². The molecule has 0 radical (unpaired) electrons. The number of rotatable bonds is 6. The van der Waals surface area contributed by atoms with Crippen LogP contribution in [0, 0.1) is 0 Å². The van der Waals surface area contributed by atoms with Crippen LogP contribution >= 0.6 is 0 Å². The average Bonchev–Trinajstić information content (AvgIpc) is 2.74. The van der Waals surface area contributed by atoms with Crippen LogP contribution < -0.4 is 4.74 Å². The lowest BCUT2D eigenvalue weighted by molar-refractivity contribution is -0.153. The molecule has 1 aliphatic rings. The third-order valence-electron chi connectivity index (χ3n) is 3.17. The number of ether oxygens (including phenoxy) is 4. The van der Waals surface area contributed by atoms with Crippen LogP contribution in [0.25, 0.3) is 0 Å². The molecule has 0 unspecified atom stereocenters. The molecule has 0 aromatic heterocycles. The summed E-state index contributed by atoms with van der Waals surface area (Å²) < 4.78 is 22.0. The standard InChI is InChI=1S/C15H22O5/c1-15(2)19-13(8-16)14(20-15)10-18-9-11-4-6-12(17-3)7-5-11/h4-7,13-14,16H,8-10H2,1-3H3/t13-,14-/m0/s1. The Labute approximate surface area is 119 Å². The normalized spacial score (nSPS) is 24.8. The minimum atomic E-state index is -0.665. The third kappa shape index (κ3) is 3.93. The lowest BCUT2D eigenvalue weighted by atomic mass is 10.2. The van der Waals surface area contributed by atoms with Crippen LogP contribution in [0.3, 0.4) is 0 Å². The maximum absolute atomic E-state index is 9.27. The van der Waals surface area contributed by atoms with Gasteiger partial charge in [-0.2, -0.15) is 0 Å². The molecule has 0 amide bonds. The molecule has 0 spiro atoms. The highest BCUT2D eigenvalue weighted by Crippen LogP contribution is 2.28. The fourth-order valence-electron chi connectivity index (χ4n) is 2.22. The molecule has 5 heteroatoms. The van der Waals surface area contributed by atoms with Gasteiger partial charge in [0.25, 0.3) is 0 Å². The van der Waals surface area contributed by atoms with Crippen molar-refractivity contribution in [3.63, 3.8) is 0 Å². The summed E-state index contributed by atoms with van der Waals surface area (Å²) in [5, 5.41) is 9.27. The van der Waals surface area contributed by atoms with Crippen molar-refractivity contribution < 1.29 is 24.1 Å². The van der Waals surface area contributed by atoms with E-state index >= 15 is 0 Å². The first-order valence-corrected chi connectivity index (χ1v) is 6.71. The average molecular weight is 282 g/mol. The Balaban J connectivity index is 1.80. The summed E-state index contributed by atoms with van der Waals surface area (Å²) >= 11 is 0. The second-order valence-corrected chi connectivity index (χ2v) is 5.26. The van der Waals surface area contributed by atoms with Crippen molar-refractivity contribution in [3.05, 3.63) is 29.8 Å². The van der Waals surface area contributed by atoms with E-state index in [2.05, 4.69) is 0 Å². The first kappa shape index (κ1) is 15.3. The summed E-state index contributed by atoms with van der Waals surface area (Å²) in [6.07, 6.45) is -0.575. The molecule has 0 aliphatic carbocycles. The van der Waals surface area contributed by atoms with Crippen molar-refractivity contribution in [2.45, 2.75) is 38.4 Å². The van der Waals surface area contributed by atoms with E-state index in [1.165, 1.54) is 0 Å². The third-order valence-corrected chi connectivity index (χ3v) is 3.17.